The van der Waals surface area contributed by atoms with Crippen LogP contribution in [-0.2, 0) is 13.8 Å². The summed E-state index contributed by atoms with van der Waals surface area (Å²) in [6.45, 7) is 7.92. The summed E-state index contributed by atoms with van der Waals surface area (Å²) in [7, 11) is 0. The van der Waals surface area contributed by atoms with E-state index in [2.05, 4.69) is 13.8 Å². The first-order valence-corrected chi connectivity index (χ1v) is 8.46. The van der Waals surface area contributed by atoms with Gasteiger partial charge < -0.3 is 9.26 Å². The van der Waals surface area contributed by atoms with Crippen LogP contribution < -0.4 is 0 Å². The van der Waals surface area contributed by atoms with E-state index in [-0.39, 0.29) is 5.92 Å². The van der Waals surface area contributed by atoms with Gasteiger partial charge in [-0.25, -0.2) is 0 Å². The van der Waals surface area contributed by atoms with Crippen LogP contribution in [0.1, 0.15) is 27.2 Å². The van der Waals surface area contributed by atoms with Gasteiger partial charge in [0.25, 0.3) is 0 Å². The molecule has 0 aromatic carbocycles. The van der Waals surface area contributed by atoms with Crippen molar-refractivity contribution in [1.29, 1.82) is 0 Å². The topological polar surface area (TPSA) is 35.5 Å². The van der Waals surface area contributed by atoms with Crippen molar-refractivity contribution in [3.63, 3.8) is 0 Å². The highest BCUT2D eigenvalue weighted by Gasteiger charge is 2.15. The lowest BCUT2D eigenvalue weighted by atomic mass is 10.1. The van der Waals surface area contributed by atoms with E-state index < -0.39 is 6.07 Å². The van der Waals surface area contributed by atoms with Gasteiger partial charge in [-0.3, -0.25) is 4.57 Å². The minimum absolute atomic E-state index is 0.239. The molecular weight excluding hydrogens is 258 g/mol. The highest BCUT2D eigenvalue weighted by Crippen LogP contribution is 2.57. The van der Waals surface area contributed by atoms with Crippen molar-refractivity contribution >= 4 is 28.6 Å². The molecule has 0 aliphatic carbocycles. The van der Waals surface area contributed by atoms with Gasteiger partial charge in [0.1, 0.15) is 0 Å². The Morgan fingerprint density at radius 3 is 2.27 bits per heavy atom. The van der Waals surface area contributed by atoms with E-state index in [0.29, 0.717) is 19.1 Å². The maximum absolute atomic E-state index is 10.8. The van der Waals surface area contributed by atoms with Crippen LogP contribution in [0.15, 0.2) is 0 Å². The van der Waals surface area contributed by atoms with Gasteiger partial charge in [-0.05, 0) is 40.7 Å². The molecule has 0 aliphatic rings. The fraction of sp³-hybridized carbons (Fsp3) is 1.00. The molecule has 0 saturated carbocycles. The minimum atomic E-state index is -3.37. The second kappa shape index (κ2) is 7.92. The molecule has 0 bridgehead atoms. The van der Waals surface area contributed by atoms with Crippen molar-refractivity contribution in [2.75, 3.05) is 19.8 Å². The first-order valence-electron chi connectivity index (χ1n) is 5.03. The summed E-state index contributed by atoms with van der Waals surface area (Å²) in [5, 5.41) is 0. The molecule has 0 aromatic rings. The van der Waals surface area contributed by atoms with Gasteiger partial charge >= 0.3 is 6.07 Å². The minimum Gasteiger partial charge on any atom is -0.381 e. The Kier molecular flexibility index (Phi) is 8.30. The summed E-state index contributed by atoms with van der Waals surface area (Å²) in [4.78, 5) is 0. The molecule has 0 radical (unpaired) electrons. The number of hydrogen-bond donors (Lipinski definition) is 0. The van der Waals surface area contributed by atoms with Gasteiger partial charge in [-0.15, -0.1) is 0 Å². The van der Waals surface area contributed by atoms with Gasteiger partial charge in [0.15, 0.2) is 0 Å². The lowest BCUT2D eigenvalue weighted by Crippen LogP contribution is -2.09. The van der Waals surface area contributed by atoms with Crippen LogP contribution in [0.25, 0.3) is 0 Å². The number of hydrogen-bond acceptors (Lipinski definition) is 3. The molecule has 3 nitrogen and oxygen atoms in total. The Labute approximate surface area is 101 Å². The van der Waals surface area contributed by atoms with Gasteiger partial charge in [0.2, 0.25) is 0 Å². The average molecular weight is 277 g/mol. The van der Waals surface area contributed by atoms with Gasteiger partial charge in [-0.2, -0.15) is 0 Å². The molecule has 92 valence electrons. The van der Waals surface area contributed by atoms with E-state index in [4.69, 9.17) is 31.7 Å². The second-order valence-corrected chi connectivity index (χ2v) is 8.35. The molecule has 0 heterocycles. The van der Waals surface area contributed by atoms with Gasteiger partial charge in [-0.1, -0.05) is 20.8 Å². The molecule has 0 spiro atoms. The SMILES string of the molecule is CC(C)COCCC(C)COP(=O)(Cl)Cl. The van der Waals surface area contributed by atoms with Crippen LogP contribution in [0.4, 0.5) is 0 Å². The van der Waals surface area contributed by atoms with Crippen LogP contribution in [0.5, 0.6) is 0 Å². The highest BCUT2D eigenvalue weighted by atomic mass is 35.9. The molecule has 0 amide bonds. The first-order chi connectivity index (χ1) is 6.81. The molecular formula is C9H19Cl2O3P. The normalized spacial score (nSPS) is 14.5. The Morgan fingerprint density at radius 1 is 1.20 bits per heavy atom. The molecule has 0 fully saturated rings. The zero-order chi connectivity index (χ0) is 11.9. The number of ether oxygens (including phenoxy) is 1. The lowest BCUT2D eigenvalue weighted by molar-refractivity contribution is 0.0935. The zero-order valence-corrected chi connectivity index (χ0v) is 11.8. The number of rotatable bonds is 8. The quantitative estimate of drug-likeness (QED) is 0.490. The summed E-state index contributed by atoms with van der Waals surface area (Å²) in [6, 6.07) is 0. The van der Waals surface area contributed by atoms with Gasteiger partial charge in [0.05, 0.1) is 6.61 Å². The summed E-state index contributed by atoms with van der Waals surface area (Å²) < 4.78 is 21.0. The Hall–Kier alpha value is 0.730. The average Bonchev–Trinajstić information content (AvgIpc) is 2.07. The molecule has 0 aromatic heterocycles. The third kappa shape index (κ3) is 12.7. The third-order valence-corrected chi connectivity index (χ3v) is 2.75. The molecule has 0 aliphatic heterocycles. The smallest absolute Gasteiger partial charge is 0.380 e. The number of halogens is 2. The summed E-state index contributed by atoms with van der Waals surface area (Å²) in [6.07, 6.45) is -2.52. The zero-order valence-electron chi connectivity index (χ0n) is 9.41. The van der Waals surface area contributed by atoms with Crippen molar-refractivity contribution in [2.45, 2.75) is 27.2 Å². The van der Waals surface area contributed by atoms with Crippen LogP contribution in [-0.4, -0.2) is 19.8 Å². The lowest BCUT2D eigenvalue weighted by Gasteiger charge is -2.13. The van der Waals surface area contributed by atoms with E-state index >= 15 is 0 Å². The standard InChI is InChI=1S/C9H19Cl2O3P/c1-8(2)6-13-5-4-9(3)7-14-15(10,11)12/h8-9H,4-7H2,1-3H3. The third-order valence-electron chi connectivity index (χ3n) is 1.72. The van der Waals surface area contributed by atoms with Crippen LogP contribution >= 0.6 is 28.6 Å². The predicted octanol–water partition coefficient (Wildman–Crippen LogP) is 4.29. The van der Waals surface area contributed by atoms with E-state index in [0.717, 1.165) is 13.0 Å². The molecule has 0 saturated heterocycles. The largest absolute Gasteiger partial charge is 0.381 e. The highest BCUT2D eigenvalue weighted by molar-refractivity contribution is 8.05. The maximum atomic E-state index is 10.8. The van der Waals surface area contributed by atoms with Gasteiger partial charge in [0, 0.05) is 13.2 Å². The van der Waals surface area contributed by atoms with Crippen molar-refractivity contribution in [3.05, 3.63) is 0 Å². The van der Waals surface area contributed by atoms with E-state index in [1.807, 2.05) is 6.92 Å². The molecule has 1 unspecified atom stereocenters. The Morgan fingerprint density at radius 2 is 1.80 bits per heavy atom. The van der Waals surface area contributed by atoms with Crippen LogP contribution in [0.2, 0.25) is 0 Å². The summed E-state index contributed by atoms with van der Waals surface area (Å²) >= 11 is 10.5. The predicted molar refractivity (Wildman–Crippen MR) is 64.7 cm³/mol. The van der Waals surface area contributed by atoms with Crippen LogP contribution in [0.3, 0.4) is 0 Å². The van der Waals surface area contributed by atoms with Crippen LogP contribution in [0, 0.1) is 11.8 Å². The second-order valence-electron chi connectivity index (χ2n) is 4.07. The fourth-order valence-electron chi connectivity index (χ4n) is 0.901. The monoisotopic (exact) mass is 276 g/mol. The maximum Gasteiger partial charge on any atom is 0.380 e. The molecule has 15 heavy (non-hydrogen) atoms. The van der Waals surface area contributed by atoms with E-state index in [9.17, 15) is 4.57 Å². The Balaban J connectivity index is 3.42. The molecule has 6 heteroatoms. The Bertz CT molecular complexity index is 206. The van der Waals surface area contributed by atoms with Crippen molar-refractivity contribution in [2.24, 2.45) is 11.8 Å². The van der Waals surface area contributed by atoms with Crippen molar-refractivity contribution in [1.82, 2.24) is 0 Å². The van der Waals surface area contributed by atoms with Crippen molar-refractivity contribution in [3.8, 4) is 0 Å². The summed E-state index contributed by atoms with van der Waals surface area (Å²) in [5.41, 5.74) is 0. The fourth-order valence-corrected chi connectivity index (χ4v) is 1.67. The van der Waals surface area contributed by atoms with E-state index in [1.54, 1.807) is 0 Å². The van der Waals surface area contributed by atoms with E-state index in [1.165, 1.54) is 0 Å². The molecule has 0 N–H and O–H groups in total. The molecule has 0 rings (SSSR count). The van der Waals surface area contributed by atoms with Crippen molar-refractivity contribution < 1.29 is 13.8 Å². The first kappa shape index (κ1) is 15.7. The summed E-state index contributed by atoms with van der Waals surface area (Å²) in [5.74, 6) is 0.783. The molecule has 1 atom stereocenters.